The number of benzene rings is 1. The first-order valence-corrected chi connectivity index (χ1v) is 8.33. The molecule has 0 saturated carbocycles. The highest BCUT2D eigenvalue weighted by Gasteiger charge is 2.34. The third-order valence-electron chi connectivity index (χ3n) is 4.34. The van der Waals surface area contributed by atoms with Crippen LogP contribution >= 0.6 is 11.6 Å². The van der Waals surface area contributed by atoms with Gasteiger partial charge in [-0.05, 0) is 43.6 Å². The largest absolute Gasteiger partial charge is 0.466 e. The van der Waals surface area contributed by atoms with Crippen LogP contribution < -0.4 is 10.6 Å². The lowest BCUT2D eigenvalue weighted by Crippen LogP contribution is -2.48. The standard InChI is InChI=1S/C17H20ClN3O3/c1-24-16(22)14-13(10-21-8-2-3-9-21)19-17(23)20-15(14)11-4-6-12(18)7-5-11/h4-7,15H,2-3,8-10H2,1H3,(H2,19,20,23)/t15-/m1/s1. The average molecular weight is 350 g/mol. The molecule has 2 aliphatic rings. The van der Waals surface area contributed by atoms with E-state index in [0.29, 0.717) is 22.8 Å². The van der Waals surface area contributed by atoms with E-state index in [1.807, 2.05) is 0 Å². The van der Waals surface area contributed by atoms with Crippen molar-refractivity contribution in [2.75, 3.05) is 26.7 Å². The number of nitrogens with one attached hydrogen (secondary N) is 2. The van der Waals surface area contributed by atoms with Crippen LogP contribution in [-0.4, -0.2) is 43.6 Å². The molecule has 1 aromatic rings. The van der Waals surface area contributed by atoms with Gasteiger partial charge >= 0.3 is 12.0 Å². The third kappa shape index (κ3) is 3.55. The van der Waals surface area contributed by atoms with Gasteiger partial charge < -0.3 is 15.4 Å². The molecule has 6 nitrogen and oxygen atoms in total. The number of carbonyl (C=O) groups excluding carboxylic acids is 2. The van der Waals surface area contributed by atoms with Crippen molar-refractivity contribution < 1.29 is 14.3 Å². The summed E-state index contributed by atoms with van der Waals surface area (Å²) < 4.78 is 4.96. The summed E-state index contributed by atoms with van der Waals surface area (Å²) in [5, 5.41) is 6.18. The summed E-state index contributed by atoms with van der Waals surface area (Å²) in [5.74, 6) is -0.448. The molecule has 2 aliphatic heterocycles. The van der Waals surface area contributed by atoms with Gasteiger partial charge in [0.25, 0.3) is 0 Å². The maximum absolute atomic E-state index is 12.4. The van der Waals surface area contributed by atoms with Crippen LogP contribution in [0.15, 0.2) is 35.5 Å². The van der Waals surface area contributed by atoms with Crippen LogP contribution in [0.3, 0.4) is 0 Å². The second kappa shape index (κ2) is 7.23. The average Bonchev–Trinajstić information content (AvgIpc) is 3.07. The highest BCUT2D eigenvalue weighted by atomic mass is 35.5. The number of nitrogens with zero attached hydrogens (tertiary/aromatic N) is 1. The van der Waals surface area contributed by atoms with Crippen molar-refractivity contribution in [2.45, 2.75) is 18.9 Å². The minimum atomic E-state index is -0.555. The molecule has 0 aliphatic carbocycles. The van der Waals surface area contributed by atoms with Crippen molar-refractivity contribution in [3.8, 4) is 0 Å². The second-order valence-electron chi connectivity index (χ2n) is 5.95. The fourth-order valence-corrected chi connectivity index (χ4v) is 3.29. The number of hydrogen-bond donors (Lipinski definition) is 2. The number of likely N-dealkylation sites (tertiary alicyclic amines) is 1. The van der Waals surface area contributed by atoms with E-state index < -0.39 is 12.0 Å². The van der Waals surface area contributed by atoms with Gasteiger partial charge in [0.05, 0.1) is 18.7 Å². The van der Waals surface area contributed by atoms with E-state index >= 15 is 0 Å². The number of rotatable bonds is 4. The molecule has 1 fully saturated rings. The first-order chi connectivity index (χ1) is 11.6. The first-order valence-electron chi connectivity index (χ1n) is 7.95. The molecule has 7 heteroatoms. The van der Waals surface area contributed by atoms with Gasteiger partial charge in [0, 0.05) is 17.3 Å². The Bertz CT molecular complexity index is 666. The summed E-state index contributed by atoms with van der Waals surface area (Å²) in [5.41, 5.74) is 1.83. The zero-order valence-electron chi connectivity index (χ0n) is 13.5. The maximum Gasteiger partial charge on any atom is 0.338 e. The summed E-state index contributed by atoms with van der Waals surface area (Å²) in [6.07, 6.45) is 2.27. The predicted molar refractivity (Wildman–Crippen MR) is 90.6 cm³/mol. The molecule has 24 heavy (non-hydrogen) atoms. The lowest BCUT2D eigenvalue weighted by Gasteiger charge is -2.30. The molecule has 1 saturated heterocycles. The number of urea groups is 1. The Hall–Kier alpha value is -2.05. The van der Waals surface area contributed by atoms with E-state index in [0.717, 1.165) is 31.5 Å². The maximum atomic E-state index is 12.4. The zero-order valence-corrected chi connectivity index (χ0v) is 14.2. The SMILES string of the molecule is COC(=O)C1=C(CN2CCCC2)NC(=O)N[C@@H]1c1ccc(Cl)cc1. The van der Waals surface area contributed by atoms with Gasteiger partial charge in [-0.25, -0.2) is 9.59 Å². The minimum Gasteiger partial charge on any atom is -0.466 e. The highest BCUT2D eigenvalue weighted by molar-refractivity contribution is 6.30. The van der Waals surface area contributed by atoms with Gasteiger partial charge in [-0.1, -0.05) is 23.7 Å². The zero-order chi connectivity index (χ0) is 17.1. The molecule has 1 atom stereocenters. The van der Waals surface area contributed by atoms with Crippen LogP contribution in [0, 0.1) is 0 Å². The molecule has 2 amide bonds. The third-order valence-corrected chi connectivity index (χ3v) is 4.59. The normalized spacial score (nSPS) is 21.4. The summed E-state index contributed by atoms with van der Waals surface area (Å²) >= 11 is 5.94. The van der Waals surface area contributed by atoms with Crippen molar-refractivity contribution in [1.82, 2.24) is 15.5 Å². The molecule has 3 rings (SSSR count). The Morgan fingerprint density at radius 3 is 2.58 bits per heavy atom. The molecule has 0 unspecified atom stereocenters. The van der Waals surface area contributed by atoms with Crippen LogP contribution in [-0.2, 0) is 9.53 Å². The number of amides is 2. The monoisotopic (exact) mass is 349 g/mol. The molecular weight excluding hydrogens is 330 g/mol. The molecule has 128 valence electrons. The van der Waals surface area contributed by atoms with Crippen molar-refractivity contribution in [1.29, 1.82) is 0 Å². The lowest BCUT2D eigenvalue weighted by molar-refractivity contribution is -0.136. The fraction of sp³-hybridized carbons (Fsp3) is 0.412. The molecule has 2 heterocycles. The number of hydrogen-bond acceptors (Lipinski definition) is 4. The summed E-state index contributed by atoms with van der Waals surface area (Å²) in [6.45, 7) is 2.46. The molecule has 0 radical (unpaired) electrons. The number of esters is 1. The Morgan fingerprint density at radius 2 is 1.96 bits per heavy atom. The molecule has 2 N–H and O–H groups in total. The van der Waals surface area contributed by atoms with Crippen LogP contribution in [0.1, 0.15) is 24.4 Å². The quantitative estimate of drug-likeness (QED) is 0.818. The van der Waals surface area contributed by atoms with Gasteiger partial charge in [-0.2, -0.15) is 0 Å². The van der Waals surface area contributed by atoms with E-state index in [2.05, 4.69) is 15.5 Å². The first kappa shape index (κ1) is 16.8. The van der Waals surface area contributed by atoms with Gasteiger partial charge in [-0.3, -0.25) is 4.90 Å². The van der Waals surface area contributed by atoms with Crippen LogP contribution in [0.2, 0.25) is 5.02 Å². The van der Waals surface area contributed by atoms with E-state index in [1.54, 1.807) is 24.3 Å². The fourth-order valence-electron chi connectivity index (χ4n) is 3.16. The van der Waals surface area contributed by atoms with E-state index in [4.69, 9.17) is 16.3 Å². The Balaban J connectivity index is 1.99. The molecular formula is C17H20ClN3O3. The van der Waals surface area contributed by atoms with E-state index in [9.17, 15) is 9.59 Å². The molecule has 0 aromatic heterocycles. The lowest BCUT2D eigenvalue weighted by atomic mass is 9.95. The van der Waals surface area contributed by atoms with Crippen molar-refractivity contribution in [3.63, 3.8) is 0 Å². The minimum absolute atomic E-state index is 0.322. The van der Waals surface area contributed by atoms with Crippen molar-refractivity contribution in [2.24, 2.45) is 0 Å². The predicted octanol–water partition coefficient (Wildman–Crippen LogP) is 2.22. The van der Waals surface area contributed by atoms with E-state index in [1.165, 1.54) is 7.11 Å². The summed E-state index contributed by atoms with van der Waals surface area (Å²) in [7, 11) is 1.35. The van der Waals surface area contributed by atoms with Gasteiger partial charge in [0.15, 0.2) is 0 Å². The number of ether oxygens (including phenoxy) is 1. The van der Waals surface area contributed by atoms with Crippen molar-refractivity contribution >= 4 is 23.6 Å². The van der Waals surface area contributed by atoms with Crippen molar-refractivity contribution in [3.05, 3.63) is 46.1 Å². The van der Waals surface area contributed by atoms with Crippen LogP contribution in [0.5, 0.6) is 0 Å². The smallest absolute Gasteiger partial charge is 0.338 e. The van der Waals surface area contributed by atoms with Gasteiger partial charge in [-0.15, -0.1) is 0 Å². The molecule has 0 bridgehead atoms. The highest BCUT2D eigenvalue weighted by Crippen LogP contribution is 2.29. The number of methoxy groups -OCH3 is 1. The van der Waals surface area contributed by atoms with E-state index in [-0.39, 0.29) is 6.03 Å². The molecule has 0 spiro atoms. The van der Waals surface area contributed by atoms with Gasteiger partial charge in [0.2, 0.25) is 0 Å². The Morgan fingerprint density at radius 1 is 1.29 bits per heavy atom. The summed E-state index contributed by atoms with van der Waals surface area (Å²) in [4.78, 5) is 26.7. The van der Waals surface area contributed by atoms with Crippen LogP contribution in [0.25, 0.3) is 0 Å². The Kier molecular flexibility index (Phi) is 5.06. The Labute approximate surface area is 145 Å². The number of halogens is 1. The number of carbonyl (C=O) groups is 2. The summed E-state index contributed by atoms with van der Waals surface area (Å²) in [6, 6.07) is 6.20. The second-order valence-corrected chi connectivity index (χ2v) is 6.39. The van der Waals surface area contributed by atoms with Crippen LogP contribution in [0.4, 0.5) is 4.79 Å². The topological polar surface area (TPSA) is 70.7 Å². The molecule has 1 aromatic carbocycles. The van der Waals surface area contributed by atoms with Gasteiger partial charge in [0.1, 0.15) is 0 Å².